The van der Waals surface area contributed by atoms with Crippen LogP contribution in [0.25, 0.3) is 10.7 Å². The minimum atomic E-state index is -1.09. The molecule has 0 fully saturated rings. The lowest BCUT2D eigenvalue weighted by Crippen LogP contribution is -2.24. The predicted molar refractivity (Wildman–Crippen MR) is 77.6 cm³/mol. The molecule has 7 heteroatoms. The number of thiophene rings is 1. The maximum Gasteiger partial charge on any atom is 0.209 e. The Balaban J connectivity index is 2.16. The minimum Gasteiger partial charge on any atom is -0.335 e. The number of hydrogen-bond acceptors (Lipinski definition) is 5. The lowest BCUT2D eigenvalue weighted by Gasteiger charge is -2.13. The molecule has 0 unspecified atom stereocenters. The summed E-state index contributed by atoms with van der Waals surface area (Å²) in [5.41, 5.74) is 0. The van der Waals surface area contributed by atoms with Gasteiger partial charge in [-0.1, -0.05) is 37.5 Å². The first-order valence-corrected chi connectivity index (χ1v) is 10.9. The van der Waals surface area contributed by atoms with Gasteiger partial charge in [0.15, 0.2) is 5.82 Å². The highest BCUT2D eigenvalue weighted by Crippen LogP contribution is 2.26. The summed E-state index contributed by atoms with van der Waals surface area (Å²) < 4.78 is 1.59. The molecular weight excluding hydrogens is 268 g/mol. The molecule has 4 nitrogen and oxygen atoms in total. The molecule has 0 aromatic carbocycles. The summed E-state index contributed by atoms with van der Waals surface area (Å²) >= 11 is 3.33. The monoisotopic (exact) mass is 284 g/mol. The summed E-state index contributed by atoms with van der Waals surface area (Å²) in [7, 11) is -1.09. The molecule has 92 valence electrons. The van der Waals surface area contributed by atoms with E-state index in [1.807, 2.05) is 17.5 Å². The third kappa shape index (κ3) is 3.11. The molecule has 0 aliphatic carbocycles. The van der Waals surface area contributed by atoms with Crippen LogP contribution in [-0.2, 0) is 0 Å². The number of nitrogens with two attached hydrogens (primary N) is 1. The van der Waals surface area contributed by atoms with Crippen molar-refractivity contribution >= 4 is 31.2 Å². The summed E-state index contributed by atoms with van der Waals surface area (Å²) in [5.74, 6) is 6.77. The fourth-order valence-corrected chi connectivity index (χ4v) is 4.51. The van der Waals surface area contributed by atoms with Gasteiger partial charge in [-0.15, -0.1) is 21.5 Å². The van der Waals surface area contributed by atoms with E-state index in [9.17, 15) is 0 Å². The van der Waals surface area contributed by atoms with Crippen LogP contribution in [-0.4, -0.2) is 28.3 Å². The van der Waals surface area contributed by atoms with E-state index in [1.54, 1.807) is 27.8 Å². The number of hydrogen-bond donors (Lipinski definition) is 1. The molecule has 0 aliphatic rings. The van der Waals surface area contributed by atoms with Gasteiger partial charge in [0.05, 0.1) is 13.0 Å². The Morgan fingerprint density at radius 2 is 2.18 bits per heavy atom. The van der Waals surface area contributed by atoms with E-state index in [0.717, 1.165) is 21.2 Å². The van der Waals surface area contributed by atoms with E-state index >= 15 is 0 Å². The second-order valence-electron chi connectivity index (χ2n) is 5.00. The number of rotatable bonds is 4. The van der Waals surface area contributed by atoms with Crippen molar-refractivity contribution in [3.05, 3.63) is 17.5 Å². The largest absolute Gasteiger partial charge is 0.335 e. The summed E-state index contributed by atoms with van der Waals surface area (Å²) in [6.45, 7) is 6.99. The SMILES string of the molecule is C[Si](C)(C)CSc1nnc(-c2cccs2)n1N. The zero-order valence-electron chi connectivity index (χ0n) is 10.2. The fraction of sp³-hybridized carbons (Fsp3) is 0.400. The second-order valence-corrected chi connectivity index (χ2v) is 12.9. The zero-order valence-corrected chi connectivity index (χ0v) is 12.8. The van der Waals surface area contributed by atoms with Gasteiger partial charge >= 0.3 is 0 Å². The molecule has 0 saturated carbocycles. The third-order valence-corrected chi connectivity index (χ3v) is 7.48. The number of nitrogens with zero attached hydrogens (tertiary/aromatic N) is 3. The number of thioether (sulfide) groups is 1. The Labute approximate surface area is 110 Å². The van der Waals surface area contributed by atoms with Gasteiger partial charge in [0.2, 0.25) is 5.16 Å². The third-order valence-electron chi connectivity index (χ3n) is 2.04. The fourth-order valence-electron chi connectivity index (χ4n) is 1.23. The minimum absolute atomic E-state index is 0.748. The lowest BCUT2D eigenvalue weighted by atomic mass is 10.4. The molecule has 2 aromatic rings. The normalized spacial score (nSPS) is 11.9. The van der Waals surface area contributed by atoms with Crippen LogP contribution >= 0.6 is 23.1 Å². The second kappa shape index (κ2) is 4.83. The van der Waals surface area contributed by atoms with Crippen molar-refractivity contribution in [1.29, 1.82) is 0 Å². The Morgan fingerprint density at radius 3 is 2.76 bits per heavy atom. The smallest absolute Gasteiger partial charge is 0.209 e. The van der Waals surface area contributed by atoms with Gasteiger partial charge < -0.3 is 5.84 Å². The molecule has 2 aromatic heterocycles. The summed E-state index contributed by atoms with van der Waals surface area (Å²) in [6.07, 6.45) is 0. The van der Waals surface area contributed by atoms with Crippen LogP contribution in [0.4, 0.5) is 0 Å². The van der Waals surface area contributed by atoms with E-state index < -0.39 is 8.07 Å². The highest BCUT2D eigenvalue weighted by Gasteiger charge is 2.18. The molecule has 2 rings (SSSR count). The van der Waals surface area contributed by atoms with Gasteiger partial charge in [-0.2, -0.15) is 0 Å². The average Bonchev–Trinajstić information content (AvgIpc) is 2.83. The molecule has 0 saturated heterocycles. The topological polar surface area (TPSA) is 56.7 Å². The summed E-state index contributed by atoms with van der Waals surface area (Å²) in [4.78, 5) is 1.06. The Bertz CT molecular complexity index is 487. The maximum atomic E-state index is 6.02. The molecule has 0 atom stereocenters. The molecule has 2 heterocycles. The van der Waals surface area contributed by atoms with E-state index in [0.29, 0.717) is 0 Å². The standard InChI is InChI=1S/C10H16N4S2Si/c1-17(2,3)7-16-10-13-12-9(14(10)11)8-5-4-6-15-8/h4-6H,7,11H2,1-3H3. The van der Waals surface area contributed by atoms with Crippen molar-refractivity contribution in [3.63, 3.8) is 0 Å². The van der Waals surface area contributed by atoms with E-state index in [1.165, 1.54) is 0 Å². The van der Waals surface area contributed by atoms with Crippen molar-refractivity contribution in [3.8, 4) is 10.7 Å². The Morgan fingerprint density at radius 1 is 1.41 bits per heavy atom. The van der Waals surface area contributed by atoms with E-state index in [2.05, 4.69) is 29.8 Å². The molecule has 17 heavy (non-hydrogen) atoms. The predicted octanol–water partition coefficient (Wildman–Crippen LogP) is 2.69. The van der Waals surface area contributed by atoms with Gasteiger partial charge in [-0.05, 0) is 16.8 Å². The van der Waals surface area contributed by atoms with Gasteiger partial charge in [0, 0.05) is 0 Å². The molecule has 0 bridgehead atoms. The van der Waals surface area contributed by atoms with Crippen LogP contribution in [0.2, 0.25) is 19.6 Å². The summed E-state index contributed by atoms with van der Waals surface area (Å²) in [6, 6.07) is 3.99. The molecule has 0 aliphatic heterocycles. The van der Waals surface area contributed by atoms with Crippen molar-refractivity contribution in [1.82, 2.24) is 14.9 Å². The average molecular weight is 284 g/mol. The van der Waals surface area contributed by atoms with Gasteiger partial charge in [-0.3, -0.25) is 0 Å². The van der Waals surface area contributed by atoms with E-state index in [4.69, 9.17) is 5.84 Å². The van der Waals surface area contributed by atoms with Crippen LogP contribution in [0.15, 0.2) is 22.7 Å². The summed E-state index contributed by atoms with van der Waals surface area (Å²) in [5, 5.41) is 12.2. The van der Waals surface area contributed by atoms with E-state index in [-0.39, 0.29) is 0 Å². The van der Waals surface area contributed by atoms with Crippen molar-refractivity contribution in [2.75, 3.05) is 11.2 Å². The number of aromatic nitrogens is 3. The number of nitrogen functional groups attached to an aromatic ring is 1. The Kier molecular flexibility index (Phi) is 3.60. The van der Waals surface area contributed by atoms with Gasteiger partial charge in [0.25, 0.3) is 0 Å². The highest BCUT2D eigenvalue weighted by atomic mass is 32.2. The molecular formula is C10H16N4S2Si. The molecule has 2 N–H and O–H groups in total. The lowest BCUT2D eigenvalue weighted by molar-refractivity contribution is 0.852. The van der Waals surface area contributed by atoms with Crippen LogP contribution in [0.1, 0.15) is 0 Å². The van der Waals surface area contributed by atoms with Crippen LogP contribution in [0, 0.1) is 0 Å². The van der Waals surface area contributed by atoms with Gasteiger partial charge in [-0.25, -0.2) is 4.68 Å². The van der Waals surface area contributed by atoms with Gasteiger partial charge in [0.1, 0.15) is 0 Å². The quantitative estimate of drug-likeness (QED) is 0.533. The maximum absolute atomic E-state index is 6.02. The zero-order chi connectivity index (χ0) is 12.5. The van der Waals surface area contributed by atoms with Crippen molar-refractivity contribution in [2.45, 2.75) is 24.8 Å². The highest BCUT2D eigenvalue weighted by molar-refractivity contribution is 8.00. The van der Waals surface area contributed by atoms with Crippen LogP contribution in [0.3, 0.4) is 0 Å². The van der Waals surface area contributed by atoms with Crippen LogP contribution < -0.4 is 5.84 Å². The molecule has 0 spiro atoms. The first-order valence-electron chi connectivity index (χ1n) is 5.34. The molecule has 0 amide bonds. The van der Waals surface area contributed by atoms with Crippen molar-refractivity contribution in [2.24, 2.45) is 0 Å². The first-order chi connectivity index (χ1) is 7.97. The van der Waals surface area contributed by atoms with Crippen molar-refractivity contribution < 1.29 is 0 Å². The first kappa shape index (κ1) is 12.7. The molecule has 0 radical (unpaired) electrons. The Hall–Kier alpha value is -0.793. The van der Waals surface area contributed by atoms with Crippen LogP contribution in [0.5, 0.6) is 0 Å².